The van der Waals surface area contributed by atoms with E-state index in [-0.39, 0.29) is 17.5 Å². The standard InChI is InChI=1S/C32H29NO2/c34-30(21-26-16-9-15-25-14-7-8-17-28(25)26)32-29(33-19-18-23-10-3-1-4-11-23)20-27(22-31(32)35)24-12-5-2-6-13-24/h1-17,27,34H,18-22H2. The molecule has 1 aliphatic rings. The summed E-state index contributed by atoms with van der Waals surface area (Å²) < 4.78 is 0. The lowest BCUT2D eigenvalue weighted by Crippen LogP contribution is -2.27. The maximum Gasteiger partial charge on any atom is 0.168 e. The number of carbonyl (C=O) groups is 1. The molecule has 174 valence electrons. The number of benzene rings is 4. The number of fused-ring (bicyclic) bond motifs is 1. The molecule has 1 N–H and O–H groups in total. The molecule has 4 aromatic rings. The lowest BCUT2D eigenvalue weighted by atomic mass is 9.78. The summed E-state index contributed by atoms with van der Waals surface area (Å²) in [5.74, 6) is 0.172. The van der Waals surface area contributed by atoms with E-state index in [1.165, 1.54) is 5.56 Å². The molecule has 0 aromatic heterocycles. The van der Waals surface area contributed by atoms with E-state index in [1.54, 1.807) is 0 Å². The highest BCUT2D eigenvalue weighted by Gasteiger charge is 2.32. The number of hydrogen-bond acceptors (Lipinski definition) is 3. The number of ketones is 1. The maximum atomic E-state index is 13.4. The number of allylic oxidation sites excluding steroid dienone is 2. The van der Waals surface area contributed by atoms with Gasteiger partial charge >= 0.3 is 0 Å². The third-order valence-electron chi connectivity index (χ3n) is 6.78. The molecule has 0 bridgehead atoms. The van der Waals surface area contributed by atoms with Crippen LogP contribution in [0.25, 0.3) is 10.8 Å². The summed E-state index contributed by atoms with van der Waals surface area (Å²) in [6.45, 7) is 0.583. The summed E-state index contributed by atoms with van der Waals surface area (Å²) in [5.41, 5.74) is 4.50. The second-order valence-electron chi connectivity index (χ2n) is 9.14. The fourth-order valence-electron chi connectivity index (χ4n) is 5.01. The first-order valence-corrected chi connectivity index (χ1v) is 12.2. The van der Waals surface area contributed by atoms with Gasteiger partial charge in [0.05, 0.1) is 5.57 Å². The van der Waals surface area contributed by atoms with Crippen LogP contribution in [0.2, 0.25) is 0 Å². The lowest BCUT2D eigenvalue weighted by molar-refractivity contribution is -0.115. The van der Waals surface area contributed by atoms with Crippen LogP contribution in [0.15, 0.2) is 119 Å². The monoisotopic (exact) mass is 459 g/mol. The number of aliphatic hydroxyl groups is 1. The fraction of sp³-hybridized carbons (Fsp3) is 0.188. The second-order valence-corrected chi connectivity index (χ2v) is 9.14. The second kappa shape index (κ2) is 10.5. The predicted molar refractivity (Wildman–Crippen MR) is 143 cm³/mol. The van der Waals surface area contributed by atoms with Gasteiger partial charge in [-0.15, -0.1) is 0 Å². The highest BCUT2D eigenvalue weighted by Crippen LogP contribution is 2.34. The molecule has 4 aromatic carbocycles. The predicted octanol–water partition coefficient (Wildman–Crippen LogP) is 7.02. The van der Waals surface area contributed by atoms with Crippen molar-refractivity contribution in [1.82, 2.24) is 0 Å². The molecule has 0 saturated heterocycles. The van der Waals surface area contributed by atoms with Crippen LogP contribution in [0.5, 0.6) is 0 Å². The van der Waals surface area contributed by atoms with Crippen molar-refractivity contribution in [2.75, 3.05) is 6.54 Å². The summed E-state index contributed by atoms with van der Waals surface area (Å²) in [4.78, 5) is 18.3. The topological polar surface area (TPSA) is 49.7 Å². The smallest absolute Gasteiger partial charge is 0.168 e. The summed E-state index contributed by atoms with van der Waals surface area (Å²) in [7, 11) is 0. The molecule has 3 heteroatoms. The quantitative estimate of drug-likeness (QED) is 0.249. The van der Waals surface area contributed by atoms with E-state index in [0.29, 0.717) is 31.4 Å². The Balaban J connectivity index is 1.47. The lowest BCUT2D eigenvalue weighted by Gasteiger charge is -2.26. The molecule has 0 radical (unpaired) electrons. The molecule has 5 rings (SSSR count). The molecule has 0 heterocycles. The van der Waals surface area contributed by atoms with Gasteiger partial charge in [-0.05, 0) is 46.2 Å². The first kappa shape index (κ1) is 22.8. The number of nitrogens with zero attached hydrogens (tertiary/aromatic N) is 1. The van der Waals surface area contributed by atoms with Gasteiger partial charge in [0.25, 0.3) is 0 Å². The number of hydrogen-bond donors (Lipinski definition) is 1. The largest absolute Gasteiger partial charge is 0.511 e. The first-order chi connectivity index (χ1) is 17.2. The third-order valence-corrected chi connectivity index (χ3v) is 6.78. The van der Waals surface area contributed by atoms with E-state index in [2.05, 4.69) is 42.5 Å². The Hall–Kier alpha value is -3.98. The van der Waals surface area contributed by atoms with Crippen molar-refractivity contribution >= 4 is 22.3 Å². The number of carbonyl (C=O) groups excluding carboxylic acids is 1. The third kappa shape index (κ3) is 5.25. The van der Waals surface area contributed by atoms with Crippen molar-refractivity contribution < 1.29 is 9.90 Å². The van der Waals surface area contributed by atoms with E-state index in [4.69, 9.17) is 4.99 Å². The zero-order chi connectivity index (χ0) is 24.0. The number of Topliss-reactive ketones (excluding diaryl/α,β-unsaturated/α-hetero) is 1. The van der Waals surface area contributed by atoms with Gasteiger partial charge in [0, 0.05) is 25.1 Å². The molecule has 1 fully saturated rings. The van der Waals surface area contributed by atoms with E-state index in [9.17, 15) is 9.90 Å². The van der Waals surface area contributed by atoms with Crippen molar-refractivity contribution in [2.24, 2.45) is 4.99 Å². The Morgan fingerprint density at radius 1 is 0.800 bits per heavy atom. The molecule has 1 atom stereocenters. The summed E-state index contributed by atoms with van der Waals surface area (Å²) >= 11 is 0. The number of aliphatic hydroxyl groups excluding tert-OH is 1. The Morgan fingerprint density at radius 3 is 2.29 bits per heavy atom. The van der Waals surface area contributed by atoms with Gasteiger partial charge in [0.1, 0.15) is 5.76 Å². The van der Waals surface area contributed by atoms with E-state index in [0.717, 1.165) is 34.0 Å². The molecular formula is C32H29NO2. The van der Waals surface area contributed by atoms with Crippen LogP contribution in [-0.2, 0) is 17.6 Å². The van der Waals surface area contributed by atoms with Crippen LogP contribution in [0.3, 0.4) is 0 Å². The van der Waals surface area contributed by atoms with Gasteiger partial charge < -0.3 is 5.11 Å². The van der Waals surface area contributed by atoms with Gasteiger partial charge in [-0.3, -0.25) is 9.79 Å². The van der Waals surface area contributed by atoms with Gasteiger partial charge in [-0.25, -0.2) is 0 Å². The van der Waals surface area contributed by atoms with Crippen LogP contribution >= 0.6 is 0 Å². The summed E-state index contributed by atoms with van der Waals surface area (Å²) in [6, 6.07) is 34.6. The molecule has 0 amide bonds. The molecule has 1 unspecified atom stereocenters. The van der Waals surface area contributed by atoms with Gasteiger partial charge in [-0.2, -0.15) is 0 Å². The highest BCUT2D eigenvalue weighted by molar-refractivity contribution is 6.24. The zero-order valence-corrected chi connectivity index (χ0v) is 19.7. The minimum Gasteiger partial charge on any atom is -0.511 e. The number of aliphatic imine (C=N–C) groups is 1. The van der Waals surface area contributed by atoms with Crippen LogP contribution < -0.4 is 0 Å². The average Bonchev–Trinajstić information content (AvgIpc) is 2.90. The molecular weight excluding hydrogens is 430 g/mol. The Labute approximate surface area is 206 Å². The van der Waals surface area contributed by atoms with Crippen molar-refractivity contribution in [1.29, 1.82) is 0 Å². The van der Waals surface area contributed by atoms with Gasteiger partial charge in [0.2, 0.25) is 0 Å². The summed E-state index contributed by atoms with van der Waals surface area (Å²) in [5, 5.41) is 13.5. The van der Waals surface area contributed by atoms with Crippen molar-refractivity contribution in [2.45, 2.75) is 31.6 Å². The Kier molecular flexibility index (Phi) is 6.85. The molecule has 1 saturated carbocycles. The van der Waals surface area contributed by atoms with Crippen molar-refractivity contribution in [3.05, 3.63) is 131 Å². The normalized spacial score (nSPS) is 18.7. The van der Waals surface area contributed by atoms with Crippen molar-refractivity contribution in [3.63, 3.8) is 0 Å². The van der Waals surface area contributed by atoms with Crippen LogP contribution in [0, 0.1) is 0 Å². The molecule has 1 aliphatic carbocycles. The van der Waals surface area contributed by atoms with Gasteiger partial charge in [0.15, 0.2) is 5.78 Å². The fourth-order valence-corrected chi connectivity index (χ4v) is 5.01. The van der Waals surface area contributed by atoms with E-state index < -0.39 is 0 Å². The average molecular weight is 460 g/mol. The Bertz CT molecular complexity index is 1380. The highest BCUT2D eigenvalue weighted by atomic mass is 16.3. The van der Waals surface area contributed by atoms with Crippen LogP contribution in [0.1, 0.15) is 35.4 Å². The minimum absolute atomic E-state index is 0.0266. The van der Waals surface area contributed by atoms with E-state index >= 15 is 0 Å². The van der Waals surface area contributed by atoms with Crippen LogP contribution in [-0.4, -0.2) is 23.1 Å². The Morgan fingerprint density at radius 2 is 1.49 bits per heavy atom. The first-order valence-electron chi connectivity index (χ1n) is 12.2. The minimum atomic E-state index is -0.0266. The molecule has 3 nitrogen and oxygen atoms in total. The zero-order valence-electron chi connectivity index (χ0n) is 19.7. The van der Waals surface area contributed by atoms with Crippen LogP contribution in [0.4, 0.5) is 0 Å². The summed E-state index contributed by atoms with van der Waals surface area (Å²) in [6.07, 6.45) is 2.15. The SMILES string of the molecule is O=C1CC(c2ccccc2)CC(=NCCc2ccccc2)C1=C(O)Cc1cccc2ccccc12. The molecule has 0 spiro atoms. The number of rotatable bonds is 6. The maximum absolute atomic E-state index is 13.4. The molecule has 0 aliphatic heterocycles. The van der Waals surface area contributed by atoms with Crippen molar-refractivity contribution in [3.8, 4) is 0 Å². The van der Waals surface area contributed by atoms with Gasteiger partial charge in [-0.1, -0.05) is 103 Å². The molecule has 35 heavy (non-hydrogen) atoms. The van der Waals surface area contributed by atoms with E-state index in [1.807, 2.05) is 60.7 Å².